The van der Waals surface area contributed by atoms with E-state index >= 15 is 0 Å². The molecule has 8 nitrogen and oxygen atoms in total. The second kappa shape index (κ2) is 8.27. The van der Waals surface area contributed by atoms with Crippen LogP contribution in [0.4, 0.5) is 17.3 Å². The molecule has 32 heavy (non-hydrogen) atoms. The third-order valence-electron chi connectivity index (χ3n) is 4.85. The van der Waals surface area contributed by atoms with E-state index in [1.54, 1.807) is 48.5 Å². The van der Waals surface area contributed by atoms with E-state index < -0.39 is 16.0 Å². The van der Waals surface area contributed by atoms with Gasteiger partial charge in [0.05, 0.1) is 10.5 Å². The number of sulfonamides is 1. The highest BCUT2D eigenvalue weighted by Gasteiger charge is 2.12. The summed E-state index contributed by atoms with van der Waals surface area (Å²) >= 11 is 0. The van der Waals surface area contributed by atoms with Gasteiger partial charge in [-0.05, 0) is 71.8 Å². The molecular weight excluding hydrogens is 428 g/mol. The number of carboxylic acid groups (broad SMARTS) is 1. The molecule has 9 heteroatoms. The van der Waals surface area contributed by atoms with Gasteiger partial charge in [0.1, 0.15) is 0 Å². The molecule has 1 heterocycles. The summed E-state index contributed by atoms with van der Waals surface area (Å²) in [6.07, 6.45) is 0. The molecule has 0 saturated carbocycles. The Morgan fingerprint density at radius 1 is 0.844 bits per heavy atom. The van der Waals surface area contributed by atoms with Crippen LogP contribution in [0.2, 0.25) is 0 Å². The van der Waals surface area contributed by atoms with E-state index in [2.05, 4.69) is 20.0 Å². The second-order valence-electron chi connectivity index (χ2n) is 7.14. The predicted octanol–water partition coefficient (Wildman–Crippen LogP) is 5.68. The molecule has 0 atom stereocenters. The van der Waals surface area contributed by atoms with Gasteiger partial charge in [-0.1, -0.05) is 48.3 Å². The average Bonchev–Trinajstić information content (AvgIpc) is 2.76. The molecule has 1 aromatic heterocycles. The highest BCUT2D eigenvalue weighted by Crippen LogP contribution is 2.41. The van der Waals surface area contributed by atoms with Crippen LogP contribution in [0.1, 0.15) is 21.5 Å². The number of hydrogen-bond donors (Lipinski definition) is 1. The molecule has 0 radical (unpaired) electrons. The number of para-hydroxylation sites is 2. The van der Waals surface area contributed by atoms with Crippen LogP contribution in [0.5, 0.6) is 0 Å². The van der Waals surface area contributed by atoms with E-state index in [0.29, 0.717) is 11.0 Å². The number of aromatic carboxylic acids is 1. The average molecular weight is 446 g/mol. The van der Waals surface area contributed by atoms with Crippen molar-refractivity contribution in [2.24, 2.45) is 0 Å². The molecule has 0 bridgehead atoms. The van der Waals surface area contributed by atoms with E-state index in [4.69, 9.17) is 0 Å². The van der Waals surface area contributed by atoms with Gasteiger partial charge in [0.15, 0.2) is 0 Å². The Kier molecular flexibility index (Phi) is 5.50. The number of aromatic nitrogens is 2. The first-order chi connectivity index (χ1) is 15.2. The van der Waals surface area contributed by atoms with Crippen molar-refractivity contribution in [3.63, 3.8) is 0 Å². The fourth-order valence-electron chi connectivity index (χ4n) is 2.99. The smallest absolute Gasteiger partial charge is 0.335 e. The van der Waals surface area contributed by atoms with E-state index in [1.165, 1.54) is 18.2 Å². The number of carbonyl (C=O) groups is 1. The maximum atomic E-state index is 13.0. The minimum absolute atomic E-state index is 0.0290. The molecule has 4 aromatic rings. The third-order valence-corrected chi connectivity index (χ3v) is 6.11. The second-order valence-corrected chi connectivity index (χ2v) is 8.74. The van der Waals surface area contributed by atoms with Crippen LogP contribution in [-0.2, 0) is 10.0 Å². The van der Waals surface area contributed by atoms with Gasteiger partial charge in [-0.15, -0.1) is 0 Å². The highest BCUT2D eigenvalue weighted by atomic mass is 32.2. The normalized spacial score (nSPS) is 11.3. The van der Waals surface area contributed by atoms with Crippen molar-refractivity contribution in [2.75, 3.05) is 0 Å². The Labute approximate surface area is 185 Å². The molecule has 0 aliphatic heterocycles. The van der Waals surface area contributed by atoms with Crippen molar-refractivity contribution in [3.8, 4) is 0 Å². The first kappa shape index (κ1) is 21.3. The van der Waals surface area contributed by atoms with Gasteiger partial charge >= 0.3 is 5.97 Å². The Hall–Kier alpha value is -3.98. The van der Waals surface area contributed by atoms with Crippen molar-refractivity contribution >= 4 is 44.3 Å². The molecule has 0 spiro atoms. The summed E-state index contributed by atoms with van der Waals surface area (Å²) in [7, 11) is -4.09. The summed E-state index contributed by atoms with van der Waals surface area (Å²) in [5, 5.41) is 13.6. The first-order valence-electron chi connectivity index (χ1n) is 9.60. The van der Waals surface area contributed by atoms with E-state index in [-0.39, 0.29) is 27.8 Å². The fraction of sp³-hybridized carbons (Fsp3) is 0.0870. The molecule has 0 aliphatic rings. The lowest BCUT2D eigenvalue weighted by Crippen LogP contribution is -2.00. The lowest BCUT2D eigenvalue weighted by atomic mass is 10.1. The van der Waals surface area contributed by atoms with Crippen molar-refractivity contribution in [1.82, 2.24) is 9.97 Å². The van der Waals surface area contributed by atoms with Crippen LogP contribution in [0.25, 0.3) is 21.1 Å². The summed E-state index contributed by atoms with van der Waals surface area (Å²) < 4.78 is 29.9. The van der Waals surface area contributed by atoms with Crippen molar-refractivity contribution in [1.29, 1.82) is 0 Å². The molecule has 3 aromatic carbocycles. The number of rotatable bonds is 6. The first-order valence-corrected chi connectivity index (χ1v) is 11.0. The molecule has 0 unspecified atom stereocenters. The minimum atomic E-state index is -4.09. The predicted molar refractivity (Wildman–Crippen MR) is 122 cm³/mol. The van der Waals surface area contributed by atoms with Crippen LogP contribution >= 0.6 is 0 Å². The zero-order valence-electron chi connectivity index (χ0n) is 17.2. The Balaban J connectivity index is 1.78. The van der Waals surface area contributed by atoms with Gasteiger partial charge in [0.25, 0.3) is 0 Å². The molecule has 0 amide bonds. The van der Waals surface area contributed by atoms with Crippen molar-refractivity contribution < 1.29 is 18.3 Å². The van der Waals surface area contributed by atoms with E-state index in [0.717, 1.165) is 11.1 Å². The molecule has 0 fully saturated rings. The number of carboxylic acids is 1. The van der Waals surface area contributed by atoms with E-state index in [1.807, 2.05) is 13.8 Å². The van der Waals surface area contributed by atoms with Crippen LogP contribution in [0, 0.1) is 13.8 Å². The summed E-state index contributed by atoms with van der Waals surface area (Å²) in [4.78, 5) is 20.1. The van der Waals surface area contributed by atoms with Crippen LogP contribution in [-0.4, -0.2) is 29.5 Å². The molecular formula is C23H18N4O4S-2. The molecule has 0 saturated heterocycles. The number of benzene rings is 3. The van der Waals surface area contributed by atoms with Gasteiger partial charge in [-0.25, -0.2) is 13.2 Å². The SMILES string of the molecule is Cc1ccc(S(=O)(=O)[N-]c2nc3ccccc3nc2[N-]c2cccc(C(=O)O)c2)cc1C. The van der Waals surface area contributed by atoms with Crippen molar-refractivity contribution in [3.05, 3.63) is 93.5 Å². The Morgan fingerprint density at radius 3 is 2.19 bits per heavy atom. The van der Waals surface area contributed by atoms with Crippen LogP contribution in [0.3, 0.4) is 0 Å². The standard InChI is InChI=1S/C23H19N4O4S/c1-14-10-11-18(12-15(14)2)32(30,31)27-22-21(25-19-8-3-4-9-20(19)26-22)24-17-7-5-6-16(13-17)23(28)29/h3-13H,1-2H3,(H2-,24,25,26,27,28,29)/q-1/p-1. The third kappa shape index (κ3) is 4.37. The molecule has 1 N–H and O–H groups in total. The van der Waals surface area contributed by atoms with Gasteiger partial charge in [-0.3, -0.25) is 0 Å². The highest BCUT2D eigenvalue weighted by molar-refractivity contribution is 7.94. The van der Waals surface area contributed by atoms with E-state index in [9.17, 15) is 18.3 Å². The minimum Gasteiger partial charge on any atom is -0.478 e. The maximum Gasteiger partial charge on any atom is 0.335 e. The number of nitrogens with zero attached hydrogens (tertiary/aromatic N) is 4. The zero-order chi connectivity index (χ0) is 22.9. The van der Waals surface area contributed by atoms with Gasteiger partial charge < -0.3 is 25.1 Å². The van der Waals surface area contributed by atoms with Gasteiger partial charge in [0, 0.05) is 0 Å². The van der Waals surface area contributed by atoms with Gasteiger partial charge in [0.2, 0.25) is 10.0 Å². The number of fused-ring (bicyclic) bond motifs is 1. The van der Waals surface area contributed by atoms with Crippen molar-refractivity contribution in [2.45, 2.75) is 18.7 Å². The maximum absolute atomic E-state index is 13.0. The lowest BCUT2D eigenvalue weighted by molar-refractivity contribution is 0.0697. The summed E-state index contributed by atoms with van der Waals surface area (Å²) in [5.74, 6) is -1.31. The summed E-state index contributed by atoms with van der Waals surface area (Å²) in [6.45, 7) is 3.71. The quantitative estimate of drug-likeness (QED) is 0.406. The van der Waals surface area contributed by atoms with Gasteiger partial charge in [-0.2, -0.15) is 0 Å². The monoisotopic (exact) mass is 446 g/mol. The van der Waals surface area contributed by atoms with Crippen LogP contribution < -0.4 is 0 Å². The molecule has 4 rings (SSSR count). The summed E-state index contributed by atoms with van der Waals surface area (Å²) in [5.41, 5.74) is 3.07. The number of aryl methyl sites for hydroxylation is 2. The lowest BCUT2D eigenvalue weighted by Gasteiger charge is -2.28. The molecule has 162 valence electrons. The van der Waals surface area contributed by atoms with Crippen LogP contribution in [0.15, 0.2) is 71.6 Å². The number of hydrogen-bond acceptors (Lipinski definition) is 5. The molecule has 0 aliphatic carbocycles. The Bertz CT molecular complexity index is 1450. The topological polar surface area (TPSA) is 125 Å². The fourth-order valence-corrected chi connectivity index (χ4v) is 4.01. The Morgan fingerprint density at radius 2 is 1.53 bits per heavy atom. The zero-order valence-corrected chi connectivity index (χ0v) is 18.0. The summed E-state index contributed by atoms with van der Waals surface area (Å²) in [6, 6.07) is 17.6. The largest absolute Gasteiger partial charge is 0.478 e.